The van der Waals surface area contributed by atoms with E-state index in [-0.39, 0.29) is 11.5 Å². The molecule has 0 saturated heterocycles. The molecule has 0 aliphatic heterocycles. The van der Waals surface area contributed by atoms with Crippen LogP contribution in [0.15, 0.2) is 37.5 Å². The summed E-state index contributed by atoms with van der Waals surface area (Å²) < 4.78 is 4.95. The Morgan fingerprint density at radius 2 is 1.03 bits per heavy atom. The van der Waals surface area contributed by atoms with Gasteiger partial charge in [0.2, 0.25) is 5.91 Å². The fourth-order valence-electron chi connectivity index (χ4n) is 2.88. The monoisotopic (exact) mass is 481 g/mol. The number of hydrogen-bond acceptors (Lipinski definition) is 4. The first-order valence-corrected chi connectivity index (χ1v) is 12.8. The zero-order chi connectivity index (χ0) is 26.5. The van der Waals surface area contributed by atoms with Gasteiger partial charge < -0.3 is 15.6 Å². The highest BCUT2D eigenvalue weighted by Gasteiger charge is 1.96. The molecule has 1 amide bonds. The molecular weight excluding hydrogens is 430 g/mol. The minimum absolute atomic E-state index is 0.176. The lowest BCUT2D eigenvalue weighted by atomic mass is 10.0. The molecule has 0 aromatic carbocycles. The molecule has 6 heteroatoms. The van der Waals surface area contributed by atoms with Crippen LogP contribution in [0.4, 0.5) is 0 Å². The Kier molecular flexibility index (Phi) is 32.6. The van der Waals surface area contributed by atoms with Crippen LogP contribution in [0.2, 0.25) is 0 Å². The number of esters is 1. The van der Waals surface area contributed by atoms with E-state index < -0.39 is 11.9 Å². The minimum Gasteiger partial charge on any atom is -0.478 e. The van der Waals surface area contributed by atoms with Crippen LogP contribution < -0.4 is 5.73 Å². The van der Waals surface area contributed by atoms with Crippen LogP contribution in [0.5, 0.6) is 0 Å². The average molecular weight is 482 g/mol. The standard InChI is InChI=1S/C21H40O2.C4H6O2.C3H5NO/c1-3-5-6-7-8-9-10-11-12-13-14-15-16-17-18-19-20-23-21(22)4-2;1-3(2)4(5)6;1-2-3(4)5/h4H,2-3,5-20H2,1H3;1H2,2H3,(H,5,6);2H,1H2,(H2,4,5). The summed E-state index contributed by atoms with van der Waals surface area (Å²) in [5, 5.41) is 7.89. The molecule has 0 radical (unpaired) electrons. The summed E-state index contributed by atoms with van der Waals surface area (Å²) in [6, 6.07) is 0. The summed E-state index contributed by atoms with van der Waals surface area (Å²) in [5.74, 6) is -1.72. The maximum absolute atomic E-state index is 10.8. The van der Waals surface area contributed by atoms with Gasteiger partial charge >= 0.3 is 11.9 Å². The number of carboxylic acids is 1. The third-order valence-corrected chi connectivity index (χ3v) is 4.98. The van der Waals surface area contributed by atoms with Crippen LogP contribution in [0.3, 0.4) is 0 Å². The number of amides is 1. The average Bonchev–Trinajstić information content (AvgIpc) is 2.81. The number of hydrogen-bond donors (Lipinski definition) is 2. The molecule has 0 saturated carbocycles. The second kappa shape index (κ2) is 30.6. The SMILES string of the molecule is C=C(C)C(=O)O.C=CC(=O)OCCCCCCCCCCCCCCCCCC.C=CC(N)=O. The van der Waals surface area contributed by atoms with Gasteiger partial charge in [0.15, 0.2) is 0 Å². The van der Waals surface area contributed by atoms with Crippen molar-refractivity contribution in [2.24, 2.45) is 5.73 Å². The van der Waals surface area contributed by atoms with Gasteiger partial charge in [-0.05, 0) is 19.4 Å². The van der Waals surface area contributed by atoms with E-state index in [2.05, 4.69) is 32.4 Å². The Labute approximate surface area is 208 Å². The van der Waals surface area contributed by atoms with Gasteiger partial charge in [-0.25, -0.2) is 9.59 Å². The molecule has 0 aromatic rings. The van der Waals surface area contributed by atoms with Crippen molar-refractivity contribution < 1.29 is 24.2 Å². The van der Waals surface area contributed by atoms with Crippen molar-refractivity contribution >= 4 is 17.8 Å². The number of nitrogens with two attached hydrogens (primary N) is 1. The molecule has 3 N–H and O–H groups in total. The molecule has 34 heavy (non-hydrogen) atoms. The third kappa shape index (κ3) is 40.0. The first-order chi connectivity index (χ1) is 16.2. The zero-order valence-electron chi connectivity index (χ0n) is 22.0. The number of carbonyl (C=O) groups excluding carboxylic acids is 2. The molecular formula is C28H51NO5. The Morgan fingerprint density at radius 1 is 0.735 bits per heavy atom. The van der Waals surface area contributed by atoms with E-state index in [1.807, 2.05) is 0 Å². The van der Waals surface area contributed by atoms with Crippen molar-refractivity contribution in [3.63, 3.8) is 0 Å². The molecule has 0 spiro atoms. The molecule has 0 aliphatic carbocycles. The van der Waals surface area contributed by atoms with E-state index in [1.165, 1.54) is 109 Å². The number of primary amides is 1. The van der Waals surface area contributed by atoms with Crippen molar-refractivity contribution in [1.29, 1.82) is 0 Å². The second-order valence-electron chi connectivity index (χ2n) is 8.37. The number of rotatable bonds is 20. The van der Waals surface area contributed by atoms with Crippen molar-refractivity contribution in [2.75, 3.05) is 6.61 Å². The number of aliphatic carboxylic acids is 1. The fraction of sp³-hybridized carbons (Fsp3) is 0.679. The molecule has 0 aromatic heterocycles. The summed E-state index contributed by atoms with van der Waals surface area (Å²) in [6.45, 7) is 13.9. The summed E-state index contributed by atoms with van der Waals surface area (Å²) in [6.07, 6.45) is 24.0. The predicted octanol–water partition coefficient (Wildman–Crippen LogP) is 7.28. The quantitative estimate of drug-likeness (QED) is 0.108. The number of carbonyl (C=O) groups is 3. The van der Waals surface area contributed by atoms with Crippen molar-refractivity contribution in [3.8, 4) is 0 Å². The molecule has 0 fully saturated rings. The summed E-state index contributed by atoms with van der Waals surface area (Å²) >= 11 is 0. The van der Waals surface area contributed by atoms with Gasteiger partial charge in [-0.2, -0.15) is 0 Å². The topological polar surface area (TPSA) is 107 Å². The summed E-state index contributed by atoms with van der Waals surface area (Å²) in [5.41, 5.74) is 4.71. The van der Waals surface area contributed by atoms with Gasteiger partial charge in [0, 0.05) is 11.6 Å². The first kappa shape index (κ1) is 36.2. The smallest absolute Gasteiger partial charge is 0.330 e. The lowest BCUT2D eigenvalue weighted by Crippen LogP contribution is -2.04. The minimum atomic E-state index is -0.935. The van der Waals surface area contributed by atoms with Gasteiger partial charge in [-0.1, -0.05) is 123 Å². The highest BCUT2D eigenvalue weighted by Crippen LogP contribution is 2.13. The normalized spacial score (nSPS) is 9.47. The molecule has 0 unspecified atom stereocenters. The summed E-state index contributed by atoms with van der Waals surface area (Å²) in [7, 11) is 0. The van der Waals surface area contributed by atoms with E-state index >= 15 is 0 Å². The van der Waals surface area contributed by atoms with Gasteiger partial charge in [-0.15, -0.1) is 0 Å². The van der Waals surface area contributed by atoms with E-state index in [9.17, 15) is 14.4 Å². The van der Waals surface area contributed by atoms with Crippen molar-refractivity contribution in [2.45, 2.75) is 117 Å². The molecule has 0 rings (SSSR count). The Balaban J connectivity index is -0.000000718. The second-order valence-corrected chi connectivity index (χ2v) is 8.37. The predicted molar refractivity (Wildman–Crippen MR) is 143 cm³/mol. The van der Waals surface area contributed by atoms with Crippen molar-refractivity contribution in [1.82, 2.24) is 0 Å². The maximum atomic E-state index is 10.8. The van der Waals surface area contributed by atoms with Crippen LogP contribution in [0, 0.1) is 0 Å². The number of unbranched alkanes of at least 4 members (excludes halogenated alkanes) is 15. The van der Waals surface area contributed by atoms with Gasteiger partial charge in [0.05, 0.1) is 6.61 Å². The van der Waals surface area contributed by atoms with Crippen LogP contribution >= 0.6 is 0 Å². The van der Waals surface area contributed by atoms with E-state index in [0.717, 1.165) is 12.5 Å². The van der Waals surface area contributed by atoms with E-state index in [1.54, 1.807) is 0 Å². The number of ether oxygens (including phenoxy) is 1. The molecule has 0 heterocycles. The first-order valence-electron chi connectivity index (χ1n) is 12.8. The van der Waals surface area contributed by atoms with Gasteiger partial charge in [0.25, 0.3) is 0 Å². The lowest BCUT2D eigenvalue weighted by Gasteiger charge is -2.04. The van der Waals surface area contributed by atoms with Crippen LogP contribution in [-0.2, 0) is 19.1 Å². The zero-order valence-corrected chi connectivity index (χ0v) is 22.0. The molecule has 0 aliphatic rings. The van der Waals surface area contributed by atoms with E-state index in [0.29, 0.717) is 6.61 Å². The molecule has 6 nitrogen and oxygen atoms in total. The molecule has 0 bridgehead atoms. The highest BCUT2D eigenvalue weighted by atomic mass is 16.5. The van der Waals surface area contributed by atoms with Gasteiger partial charge in [-0.3, -0.25) is 4.79 Å². The van der Waals surface area contributed by atoms with Gasteiger partial charge in [0.1, 0.15) is 0 Å². The Bertz CT molecular complexity index is 531. The maximum Gasteiger partial charge on any atom is 0.330 e. The number of carboxylic acid groups (broad SMARTS) is 1. The molecule has 198 valence electrons. The van der Waals surface area contributed by atoms with Crippen LogP contribution in [-0.4, -0.2) is 29.6 Å². The van der Waals surface area contributed by atoms with Crippen molar-refractivity contribution in [3.05, 3.63) is 37.5 Å². The Hall–Kier alpha value is -2.37. The highest BCUT2D eigenvalue weighted by molar-refractivity contribution is 5.85. The Morgan fingerprint density at radius 3 is 1.26 bits per heavy atom. The summed E-state index contributed by atoms with van der Waals surface area (Å²) in [4.78, 5) is 29.9. The van der Waals surface area contributed by atoms with Crippen LogP contribution in [0.1, 0.15) is 117 Å². The third-order valence-electron chi connectivity index (χ3n) is 4.98. The molecule has 0 atom stereocenters. The van der Waals surface area contributed by atoms with E-state index in [4.69, 9.17) is 9.84 Å². The fourth-order valence-corrected chi connectivity index (χ4v) is 2.88. The van der Waals surface area contributed by atoms with Crippen LogP contribution in [0.25, 0.3) is 0 Å². The lowest BCUT2D eigenvalue weighted by molar-refractivity contribution is -0.138. The largest absolute Gasteiger partial charge is 0.478 e.